The average molecular weight is 315 g/mol. The van der Waals surface area contributed by atoms with E-state index < -0.39 is 15.5 Å². The topological polar surface area (TPSA) is 37.4 Å². The first-order valence-corrected chi connectivity index (χ1v) is 7.72. The SMILES string of the molecule is Cc1ccc2c3c(cccc13)CN(S(=O)(=O)C(F)(F)F)C2. The summed E-state index contributed by atoms with van der Waals surface area (Å²) in [6, 6.07) is 8.79. The van der Waals surface area contributed by atoms with Crippen LogP contribution in [0.2, 0.25) is 0 Å². The molecular formula is C14H12F3NO2S. The fourth-order valence-corrected chi connectivity index (χ4v) is 3.63. The van der Waals surface area contributed by atoms with Crippen molar-refractivity contribution in [2.45, 2.75) is 25.5 Å². The minimum absolute atomic E-state index is 0.254. The summed E-state index contributed by atoms with van der Waals surface area (Å²) in [6.45, 7) is 1.41. The van der Waals surface area contributed by atoms with Gasteiger partial charge in [0.15, 0.2) is 0 Å². The quantitative estimate of drug-likeness (QED) is 0.809. The lowest BCUT2D eigenvalue weighted by Gasteiger charge is -2.29. The molecule has 0 radical (unpaired) electrons. The summed E-state index contributed by atoms with van der Waals surface area (Å²) in [7, 11) is -5.32. The summed E-state index contributed by atoms with van der Waals surface area (Å²) in [5.74, 6) is 0. The molecule has 2 aromatic rings. The van der Waals surface area contributed by atoms with E-state index >= 15 is 0 Å². The van der Waals surface area contributed by atoms with Crippen LogP contribution in [-0.4, -0.2) is 18.2 Å². The number of hydrogen-bond acceptors (Lipinski definition) is 2. The second-order valence-electron chi connectivity index (χ2n) is 5.10. The number of alkyl halides is 3. The average Bonchev–Trinajstić information content (AvgIpc) is 2.41. The number of halogens is 3. The third-order valence-corrected chi connectivity index (χ3v) is 5.28. The molecule has 3 rings (SSSR count). The summed E-state index contributed by atoms with van der Waals surface area (Å²) >= 11 is 0. The van der Waals surface area contributed by atoms with Crippen molar-refractivity contribution in [3.8, 4) is 0 Å². The lowest BCUT2D eigenvalue weighted by molar-refractivity contribution is -0.0494. The Morgan fingerprint density at radius 1 is 1.05 bits per heavy atom. The summed E-state index contributed by atoms with van der Waals surface area (Å²) in [4.78, 5) is 0. The van der Waals surface area contributed by atoms with Crippen LogP contribution < -0.4 is 0 Å². The van der Waals surface area contributed by atoms with Crippen molar-refractivity contribution in [3.63, 3.8) is 0 Å². The zero-order valence-corrected chi connectivity index (χ0v) is 11.9. The maximum Gasteiger partial charge on any atom is 0.511 e. The number of benzene rings is 2. The summed E-state index contributed by atoms with van der Waals surface area (Å²) in [5.41, 5.74) is -3.05. The van der Waals surface area contributed by atoms with Gasteiger partial charge in [-0.2, -0.15) is 17.5 Å². The Bertz CT molecular complexity index is 816. The summed E-state index contributed by atoms with van der Waals surface area (Å²) in [6.07, 6.45) is 0. The van der Waals surface area contributed by atoms with Gasteiger partial charge in [0, 0.05) is 13.1 Å². The molecule has 0 aliphatic carbocycles. The van der Waals surface area contributed by atoms with Crippen LogP contribution in [0.3, 0.4) is 0 Å². The normalized spacial score (nSPS) is 16.4. The Kier molecular flexibility index (Phi) is 3.04. The predicted octanol–water partition coefficient (Wildman–Crippen LogP) is 3.31. The Morgan fingerprint density at radius 2 is 1.67 bits per heavy atom. The zero-order chi connectivity index (χ0) is 15.4. The Hall–Kier alpha value is -1.60. The van der Waals surface area contributed by atoms with E-state index in [-0.39, 0.29) is 13.1 Å². The highest BCUT2D eigenvalue weighted by Crippen LogP contribution is 2.36. The van der Waals surface area contributed by atoms with Crippen LogP contribution in [0.15, 0.2) is 30.3 Å². The Balaban J connectivity index is 2.16. The molecule has 1 heterocycles. The molecule has 1 aliphatic rings. The van der Waals surface area contributed by atoms with Crippen LogP contribution in [0.1, 0.15) is 16.7 Å². The molecule has 0 N–H and O–H groups in total. The van der Waals surface area contributed by atoms with Crippen molar-refractivity contribution in [1.82, 2.24) is 4.31 Å². The molecule has 1 aliphatic heterocycles. The largest absolute Gasteiger partial charge is 0.511 e. The number of sulfonamides is 1. The minimum atomic E-state index is -5.32. The van der Waals surface area contributed by atoms with E-state index in [9.17, 15) is 21.6 Å². The molecule has 0 unspecified atom stereocenters. The fraction of sp³-hybridized carbons (Fsp3) is 0.286. The Labute approximate surface area is 120 Å². The van der Waals surface area contributed by atoms with Crippen LogP contribution in [0.4, 0.5) is 13.2 Å². The molecule has 21 heavy (non-hydrogen) atoms. The molecule has 0 bridgehead atoms. The number of rotatable bonds is 1. The fourth-order valence-electron chi connectivity index (χ4n) is 2.72. The van der Waals surface area contributed by atoms with Crippen molar-refractivity contribution in [3.05, 3.63) is 47.0 Å². The predicted molar refractivity (Wildman–Crippen MR) is 72.9 cm³/mol. The van der Waals surface area contributed by atoms with Gasteiger partial charge in [0.05, 0.1) is 0 Å². The number of aryl methyl sites for hydroxylation is 1. The van der Waals surface area contributed by atoms with Crippen LogP contribution in [0.25, 0.3) is 10.8 Å². The van der Waals surface area contributed by atoms with Gasteiger partial charge in [-0.25, -0.2) is 8.42 Å². The maximum absolute atomic E-state index is 12.7. The van der Waals surface area contributed by atoms with Gasteiger partial charge in [0.1, 0.15) is 0 Å². The first-order valence-electron chi connectivity index (χ1n) is 6.28. The Morgan fingerprint density at radius 3 is 2.29 bits per heavy atom. The zero-order valence-electron chi connectivity index (χ0n) is 11.1. The molecule has 0 amide bonds. The first-order chi connectivity index (χ1) is 9.72. The molecule has 0 saturated carbocycles. The van der Waals surface area contributed by atoms with E-state index in [1.165, 1.54) is 0 Å². The van der Waals surface area contributed by atoms with Gasteiger partial charge in [-0.1, -0.05) is 30.3 Å². The second kappa shape index (κ2) is 4.45. The molecule has 3 nitrogen and oxygen atoms in total. The lowest BCUT2D eigenvalue weighted by atomic mass is 9.94. The van der Waals surface area contributed by atoms with Crippen LogP contribution in [-0.2, 0) is 23.1 Å². The molecular weight excluding hydrogens is 303 g/mol. The van der Waals surface area contributed by atoms with Crippen LogP contribution in [0, 0.1) is 6.92 Å². The van der Waals surface area contributed by atoms with E-state index in [4.69, 9.17) is 0 Å². The summed E-state index contributed by atoms with van der Waals surface area (Å²) in [5, 5.41) is 1.82. The highest BCUT2D eigenvalue weighted by molar-refractivity contribution is 7.89. The number of nitrogens with zero attached hydrogens (tertiary/aromatic N) is 1. The molecule has 0 spiro atoms. The van der Waals surface area contributed by atoms with Gasteiger partial charge in [-0.15, -0.1) is 0 Å². The van der Waals surface area contributed by atoms with Crippen molar-refractivity contribution >= 4 is 20.8 Å². The first kappa shape index (κ1) is 14.3. The standard InChI is InChI=1S/C14H12F3NO2S/c1-9-5-6-11-8-18(21(19,20)14(15,16)17)7-10-3-2-4-12(9)13(10)11/h2-6H,7-8H2,1H3. The van der Waals surface area contributed by atoms with Crippen molar-refractivity contribution < 1.29 is 21.6 Å². The minimum Gasteiger partial charge on any atom is -0.203 e. The molecule has 0 aromatic heterocycles. The van der Waals surface area contributed by atoms with E-state index in [2.05, 4.69) is 0 Å². The molecule has 0 fully saturated rings. The van der Waals surface area contributed by atoms with E-state index in [1.807, 2.05) is 13.0 Å². The van der Waals surface area contributed by atoms with Crippen LogP contribution >= 0.6 is 0 Å². The third kappa shape index (κ3) is 2.11. The molecule has 0 atom stereocenters. The van der Waals surface area contributed by atoms with Gasteiger partial charge >= 0.3 is 15.5 Å². The highest BCUT2D eigenvalue weighted by Gasteiger charge is 2.50. The van der Waals surface area contributed by atoms with E-state index in [1.54, 1.807) is 24.3 Å². The van der Waals surface area contributed by atoms with Gasteiger partial charge in [0.2, 0.25) is 0 Å². The maximum atomic E-state index is 12.7. The van der Waals surface area contributed by atoms with Crippen molar-refractivity contribution in [1.29, 1.82) is 0 Å². The van der Waals surface area contributed by atoms with E-state index in [0.29, 0.717) is 15.4 Å². The highest BCUT2D eigenvalue weighted by atomic mass is 32.2. The number of hydrogen-bond donors (Lipinski definition) is 0. The lowest BCUT2D eigenvalue weighted by Crippen LogP contribution is -2.41. The van der Waals surface area contributed by atoms with Crippen molar-refractivity contribution in [2.75, 3.05) is 0 Å². The van der Waals surface area contributed by atoms with Gasteiger partial charge in [0.25, 0.3) is 0 Å². The molecule has 2 aromatic carbocycles. The van der Waals surface area contributed by atoms with Gasteiger partial charge < -0.3 is 0 Å². The van der Waals surface area contributed by atoms with E-state index in [0.717, 1.165) is 16.3 Å². The van der Waals surface area contributed by atoms with Gasteiger partial charge in [-0.3, -0.25) is 0 Å². The molecule has 7 heteroatoms. The second-order valence-corrected chi connectivity index (χ2v) is 7.03. The third-order valence-electron chi connectivity index (χ3n) is 3.76. The summed E-state index contributed by atoms with van der Waals surface area (Å²) < 4.78 is 61.9. The van der Waals surface area contributed by atoms with Crippen LogP contribution in [0.5, 0.6) is 0 Å². The smallest absolute Gasteiger partial charge is 0.203 e. The molecule has 0 saturated heterocycles. The van der Waals surface area contributed by atoms with Gasteiger partial charge in [-0.05, 0) is 34.4 Å². The monoisotopic (exact) mass is 315 g/mol. The van der Waals surface area contributed by atoms with Crippen molar-refractivity contribution in [2.24, 2.45) is 0 Å². The molecule has 112 valence electrons.